The minimum Gasteiger partial charge on any atom is -0.493 e. The number of H-pyrrole nitrogens is 1. The molecule has 2 aromatic heterocycles. The molecular formula is C18H17N3O4. The van der Waals surface area contributed by atoms with Crippen LogP contribution in [0.25, 0.3) is 5.69 Å². The van der Waals surface area contributed by atoms with Crippen molar-refractivity contribution in [1.82, 2.24) is 9.55 Å². The smallest absolute Gasteiger partial charge is 0.335 e. The number of aromatic nitrogens is 2. The lowest BCUT2D eigenvalue weighted by Gasteiger charge is -2.11. The number of rotatable bonds is 4. The van der Waals surface area contributed by atoms with Crippen molar-refractivity contribution < 1.29 is 9.52 Å². The minimum atomic E-state index is -0.714. The van der Waals surface area contributed by atoms with E-state index in [2.05, 4.69) is 9.98 Å². The average Bonchev–Trinajstić information content (AvgIpc) is 3.07. The summed E-state index contributed by atoms with van der Waals surface area (Å²) in [5.41, 5.74) is 0.968. The zero-order valence-electron chi connectivity index (χ0n) is 13.8. The van der Waals surface area contributed by atoms with Gasteiger partial charge in [-0.05, 0) is 49.2 Å². The predicted octanol–water partition coefficient (Wildman–Crippen LogP) is 2.06. The number of aryl methyl sites for hydroxylation is 2. The van der Waals surface area contributed by atoms with Gasteiger partial charge in [-0.15, -0.1) is 0 Å². The second kappa shape index (κ2) is 6.64. The summed E-state index contributed by atoms with van der Waals surface area (Å²) in [4.78, 5) is 30.5. The number of aromatic amines is 1. The average molecular weight is 339 g/mol. The highest BCUT2D eigenvalue weighted by Gasteiger charge is 2.14. The lowest BCUT2D eigenvalue weighted by molar-refractivity contribution is 0.430. The maximum atomic E-state index is 12.2. The Morgan fingerprint density at radius 3 is 2.72 bits per heavy atom. The molecule has 0 aliphatic carbocycles. The molecule has 128 valence electrons. The van der Waals surface area contributed by atoms with Gasteiger partial charge in [-0.25, -0.2) is 9.36 Å². The van der Waals surface area contributed by atoms with Crippen LogP contribution < -0.4 is 11.2 Å². The zero-order valence-corrected chi connectivity index (χ0v) is 13.8. The van der Waals surface area contributed by atoms with Gasteiger partial charge in [-0.3, -0.25) is 14.8 Å². The Morgan fingerprint density at radius 2 is 2.04 bits per heavy atom. The van der Waals surface area contributed by atoms with E-state index in [-0.39, 0.29) is 12.1 Å². The molecule has 7 heteroatoms. The van der Waals surface area contributed by atoms with Gasteiger partial charge in [0.1, 0.15) is 11.3 Å². The fourth-order valence-corrected chi connectivity index (χ4v) is 2.39. The lowest BCUT2D eigenvalue weighted by Crippen LogP contribution is -2.31. The summed E-state index contributed by atoms with van der Waals surface area (Å²) in [6.07, 6.45) is 2.75. The maximum Gasteiger partial charge on any atom is 0.335 e. The molecule has 7 nitrogen and oxygen atoms in total. The van der Waals surface area contributed by atoms with E-state index in [1.54, 1.807) is 24.3 Å². The van der Waals surface area contributed by atoms with E-state index in [9.17, 15) is 14.7 Å². The highest BCUT2D eigenvalue weighted by molar-refractivity contribution is 5.82. The summed E-state index contributed by atoms with van der Waals surface area (Å²) in [5, 5.41) is 10.4. The number of aliphatic imine (C=N–C) groups is 1. The number of hydrogen-bond acceptors (Lipinski definition) is 5. The van der Waals surface area contributed by atoms with E-state index in [0.29, 0.717) is 11.4 Å². The van der Waals surface area contributed by atoms with Crippen molar-refractivity contribution in [1.29, 1.82) is 0 Å². The van der Waals surface area contributed by atoms with Gasteiger partial charge in [0.15, 0.2) is 0 Å². The number of furan rings is 1. The molecule has 0 saturated carbocycles. The Bertz CT molecular complexity index is 1040. The molecule has 0 aliphatic rings. The molecular weight excluding hydrogens is 322 g/mol. The third kappa shape index (κ3) is 3.30. The monoisotopic (exact) mass is 339 g/mol. The van der Waals surface area contributed by atoms with Gasteiger partial charge in [0.2, 0.25) is 5.88 Å². The summed E-state index contributed by atoms with van der Waals surface area (Å²) in [6.45, 7) is 4.06. The normalized spacial score (nSPS) is 11.3. The highest BCUT2D eigenvalue weighted by Crippen LogP contribution is 2.18. The van der Waals surface area contributed by atoms with E-state index in [0.717, 1.165) is 15.7 Å². The summed E-state index contributed by atoms with van der Waals surface area (Å²) >= 11 is 0. The van der Waals surface area contributed by atoms with Crippen molar-refractivity contribution >= 4 is 6.21 Å². The molecule has 0 fully saturated rings. The molecule has 0 spiro atoms. The van der Waals surface area contributed by atoms with E-state index >= 15 is 0 Å². The molecule has 0 radical (unpaired) electrons. The molecule has 0 amide bonds. The van der Waals surface area contributed by atoms with Gasteiger partial charge < -0.3 is 9.52 Å². The minimum absolute atomic E-state index is 0.0932. The number of nitrogens with zero attached hydrogens (tertiary/aromatic N) is 2. The molecule has 25 heavy (non-hydrogen) atoms. The second-order valence-electron chi connectivity index (χ2n) is 5.65. The van der Waals surface area contributed by atoms with Crippen LogP contribution >= 0.6 is 0 Å². The SMILES string of the molecule is Cc1ccc(-n2c(O)c(C=NCc3ccco3)c(=O)[nH]c2=O)cc1C. The Kier molecular flexibility index (Phi) is 4.38. The molecule has 0 atom stereocenters. The van der Waals surface area contributed by atoms with Crippen LogP contribution in [-0.4, -0.2) is 20.9 Å². The Labute approximate surface area is 142 Å². The summed E-state index contributed by atoms with van der Waals surface area (Å²) in [5.74, 6) is 0.162. The molecule has 0 saturated heterocycles. The first-order valence-corrected chi connectivity index (χ1v) is 7.65. The van der Waals surface area contributed by atoms with Crippen molar-refractivity contribution in [3.05, 3.63) is 79.9 Å². The molecule has 0 unspecified atom stereocenters. The first kappa shape index (κ1) is 16.5. The molecule has 3 rings (SSSR count). The molecule has 2 heterocycles. The van der Waals surface area contributed by atoms with Gasteiger partial charge in [-0.1, -0.05) is 6.07 Å². The number of benzene rings is 1. The molecule has 2 N–H and O–H groups in total. The van der Waals surface area contributed by atoms with Crippen molar-refractivity contribution in [3.63, 3.8) is 0 Å². The van der Waals surface area contributed by atoms with Crippen LogP contribution in [0.1, 0.15) is 22.5 Å². The second-order valence-corrected chi connectivity index (χ2v) is 5.65. The van der Waals surface area contributed by atoms with Crippen LogP contribution in [0.2, 0.25) is 0 Å². The van der Waals surface area contributed by atoms with Gasteiger partial charge in [0, 0.05) is 6.21 Å². The third-order valence-corrected chi connectivity index (χ3v) is 3.92. The molecule has 0 bridgehead atoms. The van der Waals surface area contributed by atoms with Crippen molar-refractivity contribution in [2.75, 3.05) is 0 Å². The standard InChI is InChI=1S/C18H17N3O4/c1-11-5-6-13(8-12(11)2)21-17(23)15(16(22)20-18(21)24)10-19-9-14-4-3-7-25-14/h3-8,10,23H,9H2,1-2H3,(H,20,22,24). The fraction of sp³-hybridized carbons (Fsp3) is 0.167. The maximum absolute atomic E-state index is 12.2. The van der Waals surface area contributed by atoms with E-state index < -0.39 is 17.1 Å². The van der Waals surface area contributed by atoms with Crippen LogP contribution in [0.4, 0.5) is 0 Å². The molecule has 0 aliphatic heterocycles. The number of nitrogens with one attached hydrogen (secondary N) is 1. The Balaban J connectivity index is 2.05. The van der Waals surface area contributed by atoms with Gasteiger partial charge in [0.25, 0.3) is 5.56 Å². The quantitative estimate of drug-likeness (QED) is 0.711. The first-order valence-electron chi connectivity index (χ1n) is 7.65. The fourth-order valence-electron chi connectivity index (χ4n) is 2.39. The Hall–Kier alpha value is -3.35. The molecule has 1 aromatic carbocycles. The summed E-state index contributed by atoms with van der Waals surface area (Å²) in [7, 11) is 0. The van der Waals surface area contributed by atoms with Gasteiger partial charge >= 0.3 is 5.69 Å². The highest BCUT2D eigenvalue weighted by atomic mass is 16.3. The Morgan fingerprint density at radius 1 is 1.24 bits per heavy atom. The van der Waals surface area contributed by atoms with E-state index in [4.69, 9.17) is 4.42 Å². The zero-order chi connectivity index (χ0) is 18.0. The van der Waals surface area contributed by atoms with Crippen LogP contribution in [0.15, 0.2) is 55.6 Å². The van der Waals surface area contributed by atoms with Crippen LogP contribution in [-0.2, 0) is 6.54 Å². The molecule has 3 aromatic rings. The van der Waals surface area contributed by atoms with Crippen LogP contribution in [0, 0.1) is 13.8 Å². The van der Waals surface area contributed by atoms with E-state index in [1.165, 1.54) is 12.5 Å². The van der Waals surface area contributed by atoms with Crippen molar-refractivity contribution in [2.45, 2.75) is 20.4 Å². The van der Waals surface area contributed by atoms with Crippen molar-refractivity contribution in [2.24, 2.45) is 4.99 Å². The number of hydrogen-bond donors (Lipinski definition) is 2. The van der Waals surface area contributed by atoms with E-state index in [1.807, 2.05) is 19.9 Å². The van der Waals surface area contributed by atoms with Crippen LogP contribution in [0.5, 0.6) is 5.88 Å². The summed E-state index contributed by atoms with van der Waals surface area (Å²) < 4.78 is 6.19. The third-order valence-electron chi connectivity index (χ3n) is 3.92. The first-order chi connectivity index (χ1) is 12.0. The predicted molar refractivity (Wildman–Crippen MR) is 93.8 cm³/mol. The lowest BCUT2D eigenvalue weighted by atomic mass is 10.1. The number of aromatic hydroxyl groups is 1. The van der Waals surface area contributed by atoms with Gasteiger partial charge in [0.05, 0.1) is 18.5 Å². The van der Waals surface area contributed by atoms with Crippen molar-refractivity contribution in [3.8, 4) is 11.6 Å². The van der Waals surface area contributed by atoms with Gasteiger partial charge in [-0.2, -0.15) is 0 Å². The summed E-state index contributed by atoms with van der Waals surface area (Å²) in [6, 6.07) is 8.78. The topological polar surface area (TPSA) is 101 Å². The van der Waals surface area contributed by atoms with Crippen LogP contribution in [0.3, 0.4) is 0 Å². The largest absolute Gasteiger partial charge is 0.493 e.